The third kappa shape index (κ3) is 4.37. The monoisotopic (exact) mass is 388 g/mol. The van der Waals surface area contributed by atoms with Gasteiger partial charge in [-0.1, -0.05) is 18.2 Å². The first-order chi connectivity index (χ1) is 13.2. The van der Waals surface area contributed by atoms with E-state index in [0.29, 0.717) is 35.9 Å². The molecular weight excluding hydrogens is 367 g/mol. The number of rotatable bonds is 8. The average molecular weight is 388 g/mol. The fraction of sp³-hybridized carbons (Fsp3) is 0.250. The summed E-state index contributed by atoms with van der Waals surface area (Å²) in [5.74, 6) is 1.71. The summed E-state index contributed by atoms with van der Waals surface area (Å²) in [7, 11) is 4.80. The number of aromatic nitrogens is 1. The van der Waals surface area contributed by atoms with Crippen molar-refractivity contribution < 1.29 is 18.6 Å². The van der Waals surface area contributed by atoms with E-state index in [0.717, 1.165) is 15.4 Å². The summed E-state index contributed by atoms with van der Waals surface area (Å²) in [6.07, 6.45) is 1.80. The summed E-state index contributed by atoms with van der Waals surface area (Å²) in [5.41, 5.74) is 1.52. The minimum Gasteiger partial charge on any atom is -0.496 e. The van der Waals surface area contributed by atoms with Crippen molar-refractivity contribution in [3.63, 3.8) is 0 Å². The van der Waals surface area contributed by atoms with Crippen molar-refractivity contribution >= 4 is 11.3 Å². The molecule has 0 aliphatic rings. The molecule has 3 rings (SSSR count). The van der Waals surface area contributed by atoms with Crippen LogP contribution in [0, 0.1) is 5.82 Å². The molecule has 5 nitrogen and oxygen atoms in total. The van der Waals surface area contributed by atoms with Crippen LogP contribution < -0.4 is 19.5 Å². The van der Waals surface area contributed by atoms with Gasteiger partial charge in [0.25, 0.3) is 0 Å². The Balaban J connectivity index is 1.74. The van der Waals surface area contributed by atoms with Crippen LogP contribution in [0.3, 0.4) is 0 Å². The van der Waals surface area contributed by atoms with Crippen LogP contribution in [0.15, 0.2) is 42.6 Å². The smallest absolute Gasteiger partial charge is 0.164 e. The molecule has 0 saturated heterocycles. The highest BCUT2D eigenvalue weighted by Crippen LogP contribution is 2.41. The zero-order chi connectivity index (χ0) is 19.2. The van der Waals surface area contributed by atoms with Gasteiger partial charge in [0.2, 0.25) is 0 Å². The van der Waals surface area contributed by atoms with Crippen LogP contribution in [0.25, 0.3) is 10.4 Å². The SMILES string of the molecule is COc1cc(OC)c(-c2cnc(CNCc3ccccc3F)s2)cc1OC. The van der Waals surface area contributed by atoms with Gasteiger partial charge in [0, 0.05) is 36.5 Å². The Morgan fingerprint density at radius 3 is 2.37 bits per heavy atom. The molecule has 27 heavy (non-hydrogen) atoms. The molecule has 0 amide bonds. The van der Waals surface area contributed by atoms with Crippen LogP contribution in [-0.2, 0) is 13.1 Å². The van der Waals surface area contributed by atoms with Gasteiger partial charge in [-0.2, -0.15) is 0 Å². The van der Waals surface area contributed by atoms with Gasteiger partial charge in [-0.25, -0.2) is 9.37 Å². The van der Waals surface area contributed by atoms with Gasteiger partial charge < -0.3 is 19.5 Å². The molecule has 1 aromatic heterocycles. The topological polar surface area (TPSA) is 52.6 Å². The lowest BCUT2D eigenvalue weighted by atomic mass is 10.1. The quantitative estimate of drug-likeness (QED) is 0.625. The van der Waals surface area contributed by atoms with E-state index in [1.807, 2.05) is 12.1 Å². The highest BCUT2D eigenvalue weighted by atomic mass is 32.1. The predicted octanol–water partition coefficient (Wildman–Crippen LogP) is 4.26. The van der Waals surface area contributed by atoms with Gasteiger partial charge in [-0.05, 0) is 12.1 Å². The maximum atomic E-state index is 13.7. The van der Waals surface area contributed by atoms with Gasteiger partial charge in [0.05, 0.1) is 26.2 Å². The summed E-state index contributed by atoms with van der Waals surface area (Å²) in [6, 6.07) is 10.4. The Hall–Kier alpha value is -2.64. The van der Waals surface area contributed by atoms with E-state index >= 15 is 0 Å². The van der Waals surface area contributed by atoms with Crippen molar-refractivity contribution in [2.45, 2.75) is 13.1 Å². The zero-order valence-electron chi connectivity index (χ0n) is 15.4. The highest BCUT2D eigenvalue weighted by Gasteiger charge is 2.15. The third-order valence-electron chi connectivity index (χ3n) is 4.07. The molecule has 0 atom stereocenters. The Labute approximate surface area is 161 Å². The second-order valence-electron chi connectivity index (χ2n) is 5.72. The van der Waals surface area contributed by atoms with Gasteiger partial charge >= 0.3 is 0 Å². The normalized spacial score (nSPS) is 10.7. The molecule has 0 fully saturated rings. The van der Waals surface area contributed by atoms with Crippen LogP contribution in [-0.4, -0.2) is 26.3 Å². The molecule has 0 aliphatic heterocycles. The Morgan fingerprint density at radius 1 is 0.963 bits per heavy atom. The van der Waals surface area contributed by atoms with E-state index in [-0.39, 0.29) is 5.82 Å². The third-order valence-corrected chi connectivity index (χ3v) is 5.10. The second-order valence-corrected chi connectivity index (χ2v) is 6.84. The Morgan fingerprint density at radius 2 is 1.67 bits per heavy atom. The summed E-state index contributed by atoms with van der Waals surface area (Å²) >= 11 is 1.54. The number of hydrogen-bond acceptors (Lipinski definition) is 6. The molecule has 1 heterocycles. The first kappa shape index (κ1) is 19.1. The number of halogens is 1. The summed E-state index contributed by atoms with van der Waals surface area (Å²) in [5, 5.41) is 4.13. The number of thiazole rings is 1. The number of nitrogens with zero attached hydrogens (tertiary/aromatic N) is 1. The first-order valence-electron chi connectivity index (χ1n) is 8.35. The standard InChI is InChI=1S/C20H21FN2O3S/c1-24-16-9-18(26-3)17(25-2)8-14(16)19-11-23-20(27-19)12-22-10-13-6-4-5-7-15(13)21/h4-9,11,22H,10,12H2,1-3H3. The molecule has 0 aliphatic carbocycles. The van der Waals surface area contributed by atoms with E-state index < -0.39 is 0 Å². The van der Waals surface area contributed by atoms with Crippen molar-refractivity contribution in [2.24, 2.45) is 0 Å². The lowest BCUT2D eigenvalue weighted by Gasteiger charge is -2.12. The molecule has 0 radical (unpaired) electrons. The van der Waals surface area contributed by atoms with Crippen LogP contribution in [0.1, 0.15) is 10.6 Å². The maximum Gasteiger partial charge on any atom is 0.164 e. The van der Waals surface area contributed by atoms with Gasteiger partial charge in [0.15, 0.2) is 11.5 Å². The second kappa shape index (κ2) is 8.83. The van der Waals surface area contributed by atoms with Gasteiger partial charge in [0.1, 0.15) is 16.6 Å². The molecule has 0 saturated carbocycles. The average Bonchev–Trinajstić information content (AvgIpc) is 3.17. The highest BCUT2D eigenvalue weighted by molar-refractivity contribution is 7.15. The van der Waals surface area contributed by atoms with E-state index in [9.17, 15) is 4.39 Å². The van der Waals surface area contributed by atoms with Crippen molar-refractivity contribution in [3.8, 4) is 27.7 Å². The summed E-state index contributed by atoms with van der Waals surface area (Å²) in [6.45, 7) is 0.996. The molecule has 2 aromatic carbocycles. The van der Waals surface area contributed by atoms with Crippen molar-refractivity contribution in [1.82, 2.24) is 10.3 Å². The van der Waals surface area contributed by atoms with Crippen molar-refractivity contribution in [3.05, 3.63) is 59.0 Å². The lowest BCUT2D eigenvalue weighted by Crippen LogP contribution is -2.13. The number of methoxy groups -OCH3 is 3. The molecule has 0 unspecified atom stereocenters. The van der Waals surface area contributed by atoms with Crippen LogP contribution in [0.4, 0.5) is 4.39 Å². The van der Waals surface area contributed by atoms with Crippen LogP contribution in [0.5, 0.6) is 17.2 Å². The number of nitrogens with one attached hydrogen (secondary N) is 1. The summed E-state index contributed by atoms with van der Waals surface area (Å²) in [4.78, 5) is 5.41. The van der Waals surface area contributed by atoms with Crippen LogP contribution in [0.2, 0.25) is 0 Å². The zero-order valence-corrected chi connectivity index (χ0v) is 16.2. The molecule has 1 N–H and O–H groups in total. The molecule has 0 spiro atoms. The molecular formula is C20H21FN2O3S. The van der Waals surface area contributed by atoms with E-state index in [2.05, 4.69) is 10.3 Å². The van der Waals surface area contributed by atoms with E-state index in [1.54, 1.807) is 57.1 Å². The van der Waals surface area contributed by atoms with E-state index in [1.165, 1.54) is 6.07 Å². The molecule has 142 valence electrons. The predicted molar refractivity (Wildman–Crippen MR) is 104 cm³/mol. The Kier molecular flexibility index (Phi) is 6.26. The van der Waals surface area contributed by atoms with Crippen molar-refractivity contribution in [1.29, 1.82) is 0 Å². The molecule has 0 bridgehead atoms. The molecule has 3 aromatic rings. The minimum absolute atomic E-state index is 0.208. The van der Waals surface area contributed by atoms with Gasteiger partial charge in [-0.15, -0.1) is 11.3 Å². The fourth-order valence-electron chi connectivity index (χ4n) is 2.68. The largest absolute Gasteiger partial charge is 0.496 e. The van der Waals surface area contributed by atoms with Crippen molar-refractivity contribution in [2.75, 3.05) is 21.3 Å². The van der Waals surface area contributed by atoms with Crippen LogP contribution >= 0.6 is 11.3 Å². The number of ether oxygens (including phenoxy) is 3. The lowest BCUT2D eigenvalue weighted by molar-refractivity contribution is 0.349. The number of benzene rings is 2. The van der Waals surface area contributed by atoms with Gasteiger partial charge in [-0.3, -0.25) is 0 Å². The molecule has 7 heteroatoms. The van der Waals surface area contributed by atoms with E-state index in [4.69, 9.17) is 14.2 Å². The Bertz CT molecular complexity index is 914. The fourth-order valence-corrected chi connectivity index (χ4v) is 3.59. The number of hydrogen-bond donors (Lipinski definition) is 1. The minimum atomic E-state index is -0.208. The maximum absolute atomic E-state index is 13.7. The summed E-state index contributed by atoms with van der Waals surface area (Å²) < 4.78 is 29.9. The first-order valence-corrected chi connectivity index (χ1v) is 9.17.